The summed E-state index contributed by atoms with van der Waals surface area (Å²) in [7, 11) is 0. The zero-order chi connectivity index (χ0) is 6.53. The number of imidazole rings is 1. The summed E-state index contributed by atoms with van der Waals surface area (Å²) in [4.78, 5) is 3.94. The molecule has 88 valence electrons. The fourth-order valence-corrected chi connectivity index (χ4v) is 0.760. The van der Waals surface area contributed by atoms with E-state index in [1.165, 1.54) is 12.8 Å². The van der Waals surface area contributed by atoms with E-state index in [4.69, 9.17) is 0 Å². The zero-order valence-corrected chi connectivity index (χ0v) is 10.6. The fourth-order valence-electron chi connectivity index (χ4n) is 0.760. The van der Waals surface area contributed by atoms with Crippen molar-refractivity contribution in [1.29, 1.82) is 0 Å². The number of aryl methyl sites for hydroxylation is 1. The SMILES string of the molecule is CCCCn1ccnc1.Cl.Cl.Cl.Cl.[AlH3]. The molecule has 0 N–H and O–H groups in total. The van der Waals surface area contributed by atoms with Crippen molar-refractivity contribution >= 4 is 67.0 Å². The van der Waals surface area contributed by atoms with Gasteiger partial charge in [-0.3, -0.25) is 0 Å². The summed E-state index contributed by atoms with van der Waals surface area (Å²) < 4.78 is 2.10. The van der Waals surface area contributed by atoms with E-state index in [-0.39, 0.29) is 67.0 Å². The molecule has 0 bridgehead atoms. The third kappa shape index (κ3) is 12.9. The van der Waals surface area contributed by atoms with Crippen LogP contribution in [-0.2, 0) is 6.54 Å². The molecule has 14 heavy (non-hydrogen) atoms. The average molecular weight is 300 g/mol. The number of aromatic nitrogens is 2. The van der Waals surface area contributed by atoms with Crippen molar-refractivity contribution in [2.24, 2.45) is 0 Å². The zero-order valence-electron chi connectivity index (χ0n) is 7.38. The Morgan fingerprint density at radius 1 is 1.14 bits per heavy atom. The van der Waals surface area contributed by atoms with Crippen molar-refractivity contribution in [3.63, 3.8) is 0 Å². The lowest BCUT2D eigenvalue weighted by Crippen LogP contribution is -1.92. The lowest BCUT2D eigenvalue weighted by Gasteiger charge is -1.96. The van der Waals surface area contributed by atoms with Gasteiger partial charge in [0.1, 0.15) is 0 Å². The lowest BCUT2D eigenvalue weighted by atomic mass is 10.3. The van der Waals surface area contributed by atoms with Crippen molar-refractivity contribution in [3.8, 4) is 0 Å². The average Bonchev–Trinajstić information content (AvgIpc) is 2.34. The second-order valence-corrected chi connectivity index (χ2v) is 2.15. The minimum atomic E-state index is 0. The van der Waals surface area contributed by atoms with Gasteiger partial charge in [0.15, 0.2) is 17.4 Å². The van der Waals surface area contributed by atoms with Gasteiger partial charge >= 0.3 is 0 Å². The predicted octanol–water partition coefficient (Wildman–Crippen LogP) is 2.19. The third-order valence-electron chi connectivity index (χ3n) is 1.33. The Hall–Kier alpha value is 0.902. The van der Waals surface area contributed by atoms with Crippen LogP contribution >= 0.6 is 49.6 Å². The minimum Gasteiger partial charge on any atom is -0.337 e. The summed E-state index contributed by atoms with van der Waals surface area (Å²) >= 11 is 0. The molecule has 2 nitrogen and oxygen atoms in total. The maximum Gasteiger partial charge on any atom is 0.187 e. The van der Waals surface area contributed by atoms with Gasteiger partial charge in [-0.05, 0) is 6.42 Å². The molecule has 0 aromatic carbocycles. The summed E-state index contributed by atoms with van der Waals surface area (Å²) in [6.07, 6.45) is 8.16. The second-order valence-electron chi connectivity index (χ2n) is 2.15. The van der Waals surface area contributed by atoms with E-state index < -0.39 is 0 Å². The van der Waals surface area contributed by atoms with Gasteiger partial charge in [0.2, 0.25) is 0 Å². The number of unbranched alkanes of at least 4 members (excludes halogenated alkanes) is 1. The highest BCUT2D eigenvalue weighted by atomic mass is 35.5. The van der Waals surface area contributed by atoms with Gasteiger partial charge in [-0.15, -0.1) is 49.6 Å². The predicted molar refractivity (Wildman–Crippen MR) is 76.1 cm³/mol. The maximum absolute atomic E-state index is 3.94. The molecule has 0 saturated carbocycles. The normalized spacial score (nSPS) is 6.36. The quantitative estimate of drug-likeness (QED) is 0.783. The van der Waals surface area contributed by atoms with E-state index in [1.54, 1.807) is 0 Å². The minimum absolute atomic E-state index is 0. The van der Waals surface area contributed by atoms with Crippen LogP contribution in [0.15, 0.2) is 18.7 Å². The van der Waals surface area contributed by atoms with Gasteiger partial charge in [-0.25, -0.2) is 4.98 Å². The molecule has 1 heterocycles. The number of hydrogen-bond acceptors (Lipinski definition) is 1. The molecular weight excluding hydrogens is 281 g/mol. The van der Waals surface area contributed by atoms with Crippen molar-refractivity contribution in [1.82, 2.24) is 9.55 Å². The van der Waals surface area contributed by atoms with Gasteiger partial charge in [-0.1, -0.05) is 13.3 Å². The van der Waals surface area contributed by atoms with Crippen LogP contribution in [0.3, 0.4) is 0 Å². The number of hydrogen-bond donors (Lipinski definition) is 0. The van der Waals surface area contributed by atoms with Crippen LogP contribution in [0.2, 0.25) is 0 Å². The van der Waals surface area contributed by atoms with Crippen LogP contribution in [0, 0.1) is 0 Å². The van der Waals surface area contributed by atoms with Crippen molar-refractivity contribution < 1.29 is 0 Å². The molecule has 0 amide bonds. The Labute approximate surface area is 121 Å². The molecule has 1 rings (SSSR count). The molecular formula is C7H19AlCl4N2. The Kier molecular flexibility index (Phi) is 40.9. The van der Waals surface area contributed by atoms with Gasteiger partial charge < -0.3 is 4.57 Å². The smallest absolute Gasteiger partial charge is 0.187 e. The molecule has 7 heteroatoms. The van der Waals surface area contributed by atoms with Crippen LogP contribution in [0.1, 0.15) is 19.8 Å². The standard InChI is InChI=1S/C7H12N2.Al.4ClH.3H/c1-2-3-5-9-6-4-8-7-9;;;;;;;;/h4,6-7H,2-3,5H2,1H3;;4*1H;;;. The monoisotopic (exact) mass is 298 g/mol. The first-order chi connectivity index (χ1) is 4.43. The molecule has 0 saturated heterocycles. The van der Waals surface area contributed by atoms with Crippen LogP contribution in [0.25, 0.3) is 0 Å². The Morgan fingerprint density at radius 3 is 2.07 bits per heavy atom. The highest BCUT2D eigenvalue weighted by Crippen LogP contribution is 1.92. The summed E-state index contributed by atoms with van der Waals surface area (Å²) in [5, 5.41) is 0. The Morgan fingerprint density at radius 2 is 1.71 bits per heavy atom. The first-order valence-corrected chi connectivity index (χ1v) is 3.39. The molecule has 0 unspecified atom stereocenters. The molecule has 0 spiro atoms. The van der Waals surface area contributed by atoms with Gasteiger partial charge in [0.25, 0.3) is 0 Å². The summed E-state index contributed by atoms with van der Waals surface area (Å²) in [5.74, 6) is 0. The topological polar surface area (TPSA) is 17.8 Å². The molecule has 0 radical (unpaired) electrons. The summed E-state index contributed by atoms with van der Waals surface area (Å²) in [6, 6.07) is 0. The van der Waals surface area contributed by atoms with Crippen molar-refractivity contribution in [2.45, 2.75) is 26.3 Å². The highest BCUT2D eigenvalue weighted by Gasteiger charge is 1.85. The van der Waals surface area contributed by atoms with Crippen molar-refractivity contribution in [2.75, 3.05) is 0 Å². The van der Waals surface area contributed by atoms with Crippen LogP contribution in [-0.4, -0.2) is 26.9 Å². The molecule has 0 aliphatic rings. The van der Waals surface area contributed by atoms with E-state index >= 15 is 0 Å². The number of rotatable bonds is 3. The largest absolute Gasteiger partial charge is 0.337 e. The van der Waals surface area contributed by atoms with E-state index in [2.05, 4.69) is 16.5 Å². The molecule has 1 aromatic heterocycles. The first kappa shape index (κ1) is 29.4. The van der Waals surface area contributed by atoms with Crippen LogP contribution < -0.4 is 0 Å². The molecule has 0 aliphatic heterocycles. The Balaban J connectivity index is -0.0000000540. The molecule has 0 fully saturated rings. The number of nitrogens with zero attached hydrogens (tertiary/aromatic N) is 2. The van der Waals surface area contributed by atoms with E-state index in [0.29, 0.717) is 0 Å². The van der Waals surface area contributed by atoms with E-state index in [0.717, 1.165) is 6.54 Å². The van der Waals surface area contributed by atoms with Gasteiger partial charge in [0, 0.05) is 18.9 Å². The lowest BCUT2D eigenvalue weighted by molar-refractivity contribution is 0.631. The summed E-state index contributed by atoms with van der Waals surface area (Å²) in [5.41, 5.74) is 0. The Bertz CT molecular complexity index is 161. The van der Waals surface area contributed by atoms with E-state index in [1.807, 2.05) is 18.7 Å². The second kappa shape index (κ2) is 19.5. The fraction of sp³-hybridized carbons (Fsp3) is 0.571. The molecule has 1 aromatic rings. The van der Waals surface area contributed by atoms with Gasteiger partial charge in [-0.2, -0.15) is 0 Å². The van der Waals surface area contributed by atoms with Crippen molar-refractivity contribution in [3.05, 3.63) is 18.7 Å². The maximum atomic E-state index is 3.94. The van der Waals surface area contributed by atoms with Gasteiger partial charge in [0.05, 0.1) is 6.33 Å². The summed E-state index contributed by atoms with van der Waals surface area (Å²) in [6.45, 7) is 3.30. The van der Waals surface area contributed by atoms with E-state index in [9.17, 15) is 0 Å². The van der Waals surface area contributed by atoms with Crippen LogP contribution in [0.4, 0.5) is 0 Å². The molecule has 0 atom stereocenters. The molecule has 0 aliphatic carbocycles. The third-order valence-corrected chi connectivity index (χ3v) is 1.33. The first-order valence-electron chi connectivity index (χ1n) is 3.39. The number of halogens is 4. The highest BCUT2D eigenvalue weighted by molar-refractivity contribution is 5.86. The van der Waals surface area contributed by atoms with Crippen LogP contribution in [0.5, 0.6) is 0 Å².